The fourth-order valence-corrected chi connectivity index (χ4v) is 2.20. The van der Waals surface area contributed by atoms with E-state index in [1.807, 2.05) is 31.2 Å². The fraction of sp³-hybridized carbons (Fsp3) is 0.0556. The Kier molecular flexibility index (Phi) is 4.65. The van der Waals surface area contributed by atoms with Crippen LogP contribution in [0.5, 0.6) is 0 Å². The minimum Gasteiger partial charge on any atom is -0.340 e. The summed E-state index contributed by atoms with van der Waals surface area (Å²) >= 11 is 0. The average Bonchev–Trinajstić information content (AvgIpc) is 2.60. The third kappa shape index (κ3) is 3.77. The lowest BCUT2D eigenvalue weighted by atomic mass is 10.2. The molecule has 2 N–H and O–H groups in total. The lowest BCUT2D eigenvalue weighted by Gasteiger charge is -2.10. The van der Waals surface area contributed by atoms with Crippen molar-refractivity contribution in [1.82, 2.24) is 9.97 Å². The Morgan fingerprint density at radius 3 is 2.44 bits per heavy atom. The zero-order valence-electron chi connectivity index (χ0n) is 13.3. The number of para-hydroxylation sites is 2. The van der Waals surface area contributed by atoms with E-state index >= 15 is 0 Å². The Balaban J connectivity index is 1.81. The highest BCUT2D eigenvalue weighted by Gasteiger charge is 2.15. The van der Waals surface area contributed by atoms with Crippen molar-refractivity contribution in [1.29, 1.82) is 0 Å². The molecule has 7 heteroatoms. The monoisotopic (exact) mass is 340 g/mol. The Morgan fingerprint density at radius 2 is 1.72 bits per heavy atom. The number of nitrogens with zero attached hydrogens (tertiary/aromatic N) is 2. The van der Waals surface area contributed by atoms with Crippen molar-refractivity contribution in [3.8, 4) is 0 Å². The molecule has 0 bridgehead atoms. The van der Waals surface area contributed by atoms with E-state index in [9.17, 15) is 13.6 Å². The molecule has 1 heterocycles. The van der Waals surface area contributed by atoms with Crippen LogP contribution in [0.2, 0.25) is 0 Å². The molecule has 1 aromatic heterocycles. The van der Waals surface area contributed by atoms with Crippen molar-refractivity contribution in [3.05, 3.63) is 77.8 Å². The molecule has 0 atom stereocenters. The van der Waals surface area contributed by atoms with Crippen LogP contribution in [-0.4, -0.2) is 15.9 Å². The zero-order chi connectivity index (χ0) is 17.8. The average molecular weight is 340 g/mol. The van der Waals surface area contributed by atoms with Gasteiger partial charge in [-0.25, -0.2) is 18.7 Å². The third-order valence-corrected chi connectivity index (χ3v) is 3.51. The van der Waals surface area contributed by atoms with Crippen LogP contribution in [0.25, 0.3) is 0 Å². The third-order valence-electron chi connectivity index (χ3n) is 3.51. The van der Waals surface area contributed by atoms with Crippen LogP contribution in [0.15, 0.2) is 54.9 Å². The Hall–Kier alpha value is -3.35. The second-order valence-corrected chi connectivity index (χ2v) is 5.28. The molecule has 2 aromatic carbocycles. The normalized spacial score (nSPS) is 10.4. The zero-order valence-corrected chi connectivity index (χ0v) is 13.3. The second kappa shape index (κ2) is 7.04. The molecule has 3 rings (SSSR count). The molecular formula is C18H14F2N4O. The van der Waals surface area contributed by atoms with E-state index in [2.05, 4.69) is 20.6 Å². The van der Waals surface area contributed by atoms with Gasteiger partial charge in [-0.05, 0) is 30.7 Å². The largest absolute Gasteiger partial charge is 0.340 e. The van der Waals surface area contributed by atoms with Crippen molar-refractivity contribution >= 4 is 23.1 Å². The van der Waals surface area contributed by atoms with Crippen LogP contribution in [0.1, 0.15) is 16.1 Å². The Bertz CT molecular complexity index is 910. The molecule has 3 aromatic rings. The van der Waals surface area contributed by atoms with E-state index in [1.165, 1.54) is 18.5 Å². The number of carbonyl (C=O) groups is 1. The minimum atomic E-state index is -0.860. The molecule has 0 unspecified atom stereocenters. The van der Waals surface area contributed by atoms with Crippen molar-refractivity contribution in [2.24, 2.45) is 0 Å². The molecule has 0 radical (unpaired) electrons. The highest BCUT2D eigenvalue weighted by molar-refractivity contribution is 6.03. The molecule has 0 aliphatic rings. The molecule has 0 aliphatic carbocycles. The van der Waals surface area contributed by atoms with E-state index in [0.717, 1.165) is 23.4 Å². The van der Waals surface area contributed by atoms with E-state index in [0.29, 0.717) is 5.82 Å². The number of hydrogen-bond donors (Lipinski definition) is 2. The van der Waals surface area contributed by atoms with Crippen LogP contribution in [0.4, 0.5) is 26.0 Å². The Labute approximate surface area is 142 Å². The van der Waals surface area contributed by atoms with E-state index < -0.39 is 23.2 Å². The summed E-state index contributed by atoms with van der Waals surface area (Å²) in [6, 6.07) is 12.3. The maximum absolute atomic E-state index is 13.6. The molecule has 0 saturated carbocycles. The van der Waals surface area contributed by atoms with Gasteiger partial charge in [-0.15, -0.1) is 0 Å². The first-order valence-corrected chi connectivity index (χ1v) is 7.44. The van der Waals surface area contributed by atoms with E-state index in [-0.39, 0.29) is 5.69 Å². The van der Waals surface area contributed by atoms with Crippen molar-refractivity contribution in [3.63, 3.8) is 0 Å². The predicted octanol–water partition coefficient (Wildman–Crippen LogP) is 4.06. The number of benzene rings is 2. The molecule has 1 amide bonds. The molecule has 0 saturated heterocycles. The van der Waals surface area contributed by atoms with Crippen LogP contribution >= 0.6 is 0 Å². The second-order valence-electron chi connectivity index (χ2n) is 5.28. The summed E-state index contributed by atoms with van der Waals surface area (Å²) in [6.45, 7) is 1.93. The number of amides is 1. The highest BCUT2D eigenvalue weighted by atomic mass is 19.1. The number of carbonyl (C=O) groups excluding carboxylic acids is 1. The quantitative estimate of drug-likeness (QED) is 0.752. The lowest BCUT2D eigenvalue weighted by Crippen LogP contribution is -2.16. The molecule has 5 nitrogen and oxygen atoms in total. The van der Waals surface area contributed by atoms with Gasteiger partial charge >= 0.3 is 0 Å². The summed E-state index contributed by atoms with van der Waals surface area (Å²) < 4.78 is 27.3. The number of nitrogens with one attached hydrogen (secondary N) is 2. The van der Waals surface area contributed by atoms with Crippen LogP contribution in [-0.2, 0) is 0 Å². The SMILES string of the molecule is Cc1ccccc1Nc1cc(C(=O)Nc2c(F)cccc2F)ncn1. The summed E-state index contributed by atoms with van der Waals surface area (Å²) in [5.74, 6) is -2.07. The van der Waals surface area contributed by atoms with Gasteiger partial charge < -0.3 is 10.6 Å². The van der Waals surface area contributed by atoms with Gasteiger partial charge in [-0.2, -0.15) is 0 Å². The highest BCUT2D eigenvalue weighted by Crippen LogP contribution is 2.21. The van der Waals surface area contributed by atoms with Crippen molar-refractivity contribution in [2.45, 2.75) is 6.92 Å². The van der Waals surface area contributed by atoms with Crippen molar-refractivity contribution < 1.29 is 13.6 Å². The topological polar surface area (TPSA) is 66.9 Å². The van der Waals surface area contributed by atoms with E-state index in [1.54, 1.807) is 0 Å². The van der Waals surface area contributed by atoms with Crippen molar-refractivity contribution in [2.75, 3.05) is 10.6 Å². The number of aromatic nitrogens is 2. The maximum Gasteiger partial charge on any atom is 0.274 e. The van der Waals surface area contributed by atoms with Gasteiger partial charge in [0.2, 0.25) is 0 Å². The molecular weight excluding hydrogens is 326 g/mol. The summed E-state index contributed by atoms with van der Waals surface area (Å²) in [5.41, 5.74) is 1.29. The maximum atomic E-state index is 13.6. The standard InChI is InChI=1S/C18H14F2N4O/c1-11-5-2-3-8-14(11)23-16-9-15(21-10-22-16)18(25)24-17-12(19)6-4-7-13(17)20/h2-10H,1H3,(H,24,25)(H,21,22,23). The lowest BCUT2D eigenvalue weighted by molar-refractivity contribution is 0.102. The Morgan fingerprint density at radius 1 is 1.00 bits per heavy atom. The first-order valence-electron chi connectivity index (χ1n) is 7.44. The summed E-state index contributed by atoms with van der Waals surface area (Å²) in [6.07, 6.45) is 1.20. The number of rotatable bonds is 4. The number of hydrogen-bond acceptors (Lipinski definition) is 4. The fourth-order valence-electron chi connectivity index (χ4n) is 2.20. The molecule has 0 aliphatic heterocycles. The number of halogens is 2. The predicted molar refractivity (Wildman–Crippen MR) is 90.8 cm³/mol. The van der Waals surface area contributed by atoms with Crippen LogP contribution in [0, 0.1) is 18.6 Å². The van der Waals surface area contributed by atoms with E-state index in [4.69, 9.17) is 0 Å². The molecule has 25 heavy (non-hydrogen) atoms. The van der Waals surface area contributed by atoms with Gasteiger partial charge in [0.25, 0.3) is 5.91 Å². The van der Waals surface area contributed by atoms with Gasteiger partial charge in [-0.3, -0.25) is 4.79 Å². The first-order chi connectivity index (χ1) is 12.0. The van der Waals surface area contributed by atoms with Crippen LogP contribution < -0.4 is 10.6 Å². The molecule has 126 valence electrons. The molecule has 0 spiro atoms. The molecule has 0 fully saturated rings. The summed E-state index contributed by atoms with van der Waals surface area (Å²) in [5, 5.41) is 5.27. The first kappa shape index (κ1) is 16.5. The van der Waals surface area contributed by atoms with Gasteiger partial charge in [0, 0.05) is 11.8 Å². The number of aryl methyl sites for hydroxylation is 1. The summed E-state index contributed by atoms with van der Waals surface area (Å²) in [7, 11) is 0. The summed E-state index contributed by atoms with van der Waals surface area (Å²) in [4.78, 5) is 20.1. The van der Waals surface area contributed by atoms with Gasteiger partial charge in [-0.1, -0.05) is 24.3 Å². The number of anilines is 3. The van der Waals surface area contributed by atoms with Crippen LogP contribution in [0.3, 0.4) is 0 Å². The van der Waals surface area contributed by atoms with Gasteiger partial charge in [0.1, 0.15) is 35.2 Å². The smallest absolute Gasteiger partial charge is 0.274 e. The minimum absolute atomic E-state index is 0.0197. The van der Waals surface area contributed by atoms with Gasteiger partial charge in [0.05, 0.1) is 0 Å². The van der Waals surface area contributed by atoms with Gasteiger partial charge in [0.15, 0.2) is 0 Å².